The maximum Gasteiger partial charge on any atom is 0.0496 e. The zero-order valence-electron chi connectivity index (χ0n) is 54.8. The van der Waals surface area contributed by atoms with Gasteiger partial charge in [-0.05, 0) is 236 Å². The summed E-state index contributed by atoms with van der Waals surface area (Å²) in [7, 11) is 0. The lowest BCUT2D eigenvalue weighted by Crippen LogP contribution is -2.10. The second kappa shape index (κ2) is 24.7. The minimum absolute atomic E-state index is 0.656. The van der Waals surface area contributed by atoms with Crippen molar-refractivity contribution < 1.29 is 0 Å². The standard InChI is InChI=1S/C88H76N6/c1-59-13-29-69(30-14-59)91(70-31-15-60(2)16-32-70)77-45-49-85-81(53-77)82-54-78(92(71-33-17-61(3)18-34-71)72-35-19-62(4)20-36-72)46-50-86(82)89(85)57-67-11-9-10-12-68(67)58-90-87-51-47-79(93(73-37-21-63(5)22-38-73)74-39-23-64(6)24-40-74)55-83(87)84-56-80(48-52-88(84)90)94(75-41-25-65(7)26-42-75)76-43-27-66(8)28-44-76/h9-56H,57-58H2,1-8H3. The van der Waals surface area contributed by atoms with Crippen LogP contribution < -0.4 is 19.6 Å². The fraction of sp³-hybridized carbons (Fsp3) is 0.114. The molecule has 0 atom stereocenters. The van der Waals surface area contributed by atoms with Gasteiger partial charge in [-0.25, -0.2) is 0 Å². The molecule has 6 nitrogen and oxygen atoms in total. The van der Waals surface area contributed by atoms with Crippen LogP contribution in [0.5, 0.6) is 0 Å². The monoisotopic (exact) mass is 1220 g/mol. The molecule has 0 unspecified atom stereocenters. The number of nitrogens with zero attached hydrogens (tertiary/aromatic N) is 6. The Bertz CT molecular complexity index is 4420. The number of hydrogen-bond acceptors (Lipinski definition) is 4. The quantitative estimate of drug-likeness (QED) is 0.0962. The third-order valence-electron chi connectivity index (χ3n) is 18.8. The zero-order valence-corrected chi connectivity index (χ0v) is 54.8. The van der Waals surface area contributed by atoms with Crippen molar-refractivity contribution >= 4 is 112 Å². The van der Waals surface area contributed by atoms with E-state index in [0.717, 1.165) is 68.2 Å². The van der Waals surface area contributed by atoms with Gasteiger partial charge in [-0.1, -0.05) is 166 Å². The first-order valence-corrected chi connectivity index (χ1v) is 32.8. The highest BCUT2D eigenvalue weighted by Crippen LogP contribution is 2.46. The predicted molar refractivity (Wildman–Crippen MR) is 400 cm³/mol. The number of fused-ring (bicyclic) bond motifs is 6. The lowest BCUT2D eigenvalue weighted by molar-refractivity contribution is 0.810. The second-order valence-electron chi connectivity index (χ2n) is 25.8. The number of aryl methyl sites for hydroxylation is 8. The van der Waals surface area contributed by atoms with E-state index in [4.69, 9.17) is 0 Å². The van der Waals surface area contributed by atoms with Gasteiger partial charge in [-0.15, -0.1) is 0 Å². The SMILES string of the molecule is Cc1ccc(N(c2ccc(C)cc2)c2ccc3c(c2)c2cc(N(c4ccc(C)cc4)c4ccc(C)cc4)ccc2n3Cc2ccccc2Cn2c3ccc(N(c4ccc(C)cc4)c4ccc(C)cc4)cc3c3cc(N(c4ccc(C)cc4)c4ccc(C)cc4)ccc32)cc1. The van der Waals surface area contributed by atoms with Crippen molar-refractivity contribution in [1.82, 2.24) is 9.13 Å². The molecule has 6 heteroatoms. The van der Waals surface area contributed by atoms with Crippen molar-refractivity contribution in [1.29, 1.82) is 0 Å². The van der Waals surface area contributed by atoms with Gasteiger partial charge in [0.05, 0.1) is 0 Å². The van der Waals surface area contributed by atoms with E-state index in [2.05, 4.69) is 375 Å². The summed E-state index contributed by atoms with van der Waals surface area (Å²) in [6.07, 6.45) is 0. The predicted octanol–water partition coefficient (Wildman–Crippen LogP) is 24.3. The summed E-state index contributed by atoms with van der Waals surface area (Å²) in [5.74, 6) is 0. The molecule has 94 heavy (non-hydrogen) atoms. The van der Waals surface area contributed by atoms with E-state index in [1.165, 1.54) is 99.2 Å². The molecule has 2 heterocycles. The summed E-state index contributed by atoms with van der Waals surface area (Å²) in [6, 6.07) is 109. The van der Waals surface area contributed by atoms with Crippen molar-refractivity contribution in [2.45, 2.75) is 68.5 Å². The van der Waals surface area contributed by atoms with Crippen molar-refractivity contribution in [3.63, 3.8) is 0 Å². The smallest absolute Gasteiger partial charge is 0.0496 e. The van der Waals surface area contributed by atoms with Crippen LogP contribution in [0.3, 0.4) is 0 Å². The van der Waals surface area contributed by atoms with Gasteiger partial charge in [0.2, 0.25) is 0 Å². The summed E-state index contributed by atoms with van der Waals surface area (Å²) < 4.78 is 5.11. The van der Waals surface area contributed by atoms with Gasteiger partial charge in [0.15, 0.2) is 0 Å². The minimum Gasteiger partial charge on any atom is -0.336 e. The minimum atomic E-state index is 0.656. The van der Waals surface area contributed by atoms with Gasteiger partial charge in [0, 0.05) is 125 Å². The topological polar surface area (TPSA) is 22.8 Å². The maximum absolute atomic E-state index is 2.56. The first kappa shape index (κ1) is 59.0. The molecule has 0 radical (unpaired) electrons. The summed E-state index contributed by atoms with van der Waals surface area (Å²) >= 11 is 0. The van der Waals surface area contributed by atoms with Gasteiger partial charge < -0.3 is 28.7 Å². The molecular weight excluding hydrogens is 1140 g/mol. The van der Waals surface area contributed by atoms with E-state index < -0.39 is 0 Å². The van der Waals surface area contributed by atoms with Crippen molar-refractivity contribution in [2.75, 3.05) is 19.6 Å². The van der Waals surface area contributed by atoms with Crippen LogP contribution in [0.25, 0.3) is 43.6 Å². The molecule has 0 fully saturated rings. The van der Waals surface area contributed by atoms with Crippen LogP contribution >= 0.6 is 0 Å². The molecule has 0 N–H and O–H groups in total. The number of aromatic nitrogens is 2. The van der Waals surface area contributed by atoms with Crippen LogP contribution in [0.1, 0.15) is 55.6 Å². The third kappa shape index (κ3) is 11.4. The first-order chi connectivity index (χ1) is 45.8. The van der Waals surface area contributed by atoms with E-state index in [1.807, 2.05) is 0 Å². The molecule has 458 valence electrons. The fourth-order valence-corrected chi connectivity index (χ4v) is 13.6. The molecular formula is C88H76N6. The fourth-order valence-electron chi connectivity index (χ4n) is 13.6. The highest BCUT2D eigenvalue weighted by atomic mass is 15.2. The molecule has 13 aromatic carbocycles. The Morgan fingerprint density at radius 1 is 0.191 bits per heavy atom. The van der Waals surface area contributed by atoms with E-state index in [1.54, 1.807) is 0 Å². The van der Waals surface area contributed by atoms with Crippen LogP contribution in [0.2, 0.25) is 0 Å². The van der Waals surface area contributed by atoms with E-state index in [-0.39, 0.29) is 0 Å². The van der Waals surface area contributed by atoms with Crippen molar-refractivity contribution in [3.8, 4) is 0 Å². The van der Waals surface area contributed by atoms with Gasteiger partial charge in [0.1, 0.15) is 0 Å². The average molecular weight is 1220 g/mol. The van der Waals surface area contributed by atoms with Gasteiger partial charge in [-0.2, -0.15) is 0 Å². The molecule has 0 aliphatic carbocycles. The van der Waals surface area contributed by atoms with Crippen molar-refractivity contribution in [3.05, 3.63) is 347 Å². The first-order valence-electron chi connectivity index (χ1n) is 32.8. The Hall–Kier alpha value is -11.3. The van der Waals surface area contributed by atoms with E-state index in [0.29, 0.717) is 13.1 Å². The van der Waals surface area contributed by atoms with Crippen LogP contribution in [-0.2, 0) is 13.1 Å². The maximum atomic E-state index is 2.56. The number of benzene rings is 13. The second-order valence-corrected chi connectivity index (χ2v) is 25.8. The highest BCUT2D eigenvalue weighted by molar-refractivity contribution is 6.12. The lowest BCUT2D eigenvalue weighted by Gasteiger charge is -2.26. The van der Waals surface area contributed by atoms with Crippen molar-refractivity contribution in [2.24, 2.45) is 0 Å². The van der Waals surface area contributed by atoms with Crippen LogP contribution in [0.4, 0.5) is 68.2 Å². The Labute approximate surface area is 552 Å². The van der Waals surface area contributed by atoms with Crippen LogP contribution in [0.15, 0.2) is 291 Å². The summed E-state index contributed by atoms with van der Waals surface area (Å²) in [5, 5.41) is 4.75. The number of hydrogen-bond donors (Lipinski definition) is 0. The molecule has 0 aliphatic rings. The Morgan fingerprint density at radius 2 is 0.351 bits per heavy atom. The Balaban J connectivity index is 0.901. The normalized spacial score (nSPS) is 11.5. The van der Waals surface area contributed by atoms with E-state index in [9.17, 15) is 0 Å². The zero-order chi connectivity index (χ0) is 64.1. The molecule has 15 aromatic rings. The molecule has 15 rings (SSSR count). The molecule has 2 aromatic heterocycles. The number of rotatable bonds is 16. The van der Waals surface area contributed by atoms with Crippen LogP contribution in [0, 0.1) is 55.4 Å². The molecule has 0 saturated carbocycles. The summed E-state index contributed by atoms with van der Waals surface area (Å²) in [5.41, 5.74) is 30.3. The van der Waals surface area contributed by atoms with Gasteiger partial charge >= 0.3 is 0 Å². The summed E-state index contributed by atoms with van der Waals surface area (Å²) in [6.45, 7) is 18.6. The van der Waals surface area contributed by atoms with Gasteiger partial charge in [-0.3, -0.25) is 0 Å². The molecule has 0 aliphatic heterocycles. The van der Waals surface area contributed by atoms with Gasteiger partial charge in [0.25, 0.3) is 0 Å². The molecule has 0 amide bonds. The largest absolute Gasteiger partial charge is 0.336 e. The summed E-state index contributed by atoms with van der Waals surface area (Å²) in [4.78, 5) is 9.59. The Kier molecular flexibility index (Phi) is 15.5. The Morgan fingerprint density at radius 3 is 0.521 bits per heavy atom. The molecule has 0 spiro atoms. The molecule has 0 saturated heterocycles. The molecule has 0 bridgehead atoms. The number of anilines is 12. The highest BCUT2D eigenvalue weighted by Gasteiger charge is 2.24. The lowest BCUT2D eigenvalue weighted by atomic mass is 10.1. The van der Waals surface area contributed by atoms with E-state index >= 15 is 0 Å². The average Bonchev–Trinajstić information content (AvgIpc) is 1.58. The third-order valence-corrected chi connectivity index (χ3v) is 18.8. The van der Waals surface area contributed by atoms with Crippen LogP contribution in [-0.4, -0.2) is 9.13 Å².